The predicted molar refractivity (Wildman–Crippen MR) is 342 cm³/mol. The van der Waals surface area contributed by atoms with E-state index in [0.29, 0.717) is 64.3 Å². The number of nitrogens with zero attached hydrogens (tertiary/aromatic N) is 14. The first-order chi connectivity index (χ1) is 43.1. The van der Waals surface area contributed by atoms with Gasteiger partial charge in [-0.15, -0.1) is 0 Å². The molecule has 0 saturated carbocycles. The summed E-state index contributed by atoms with van der Waals surface area (Å²) in [6.07, 6.45) is 13.6. The Morgan fingerprint density at radius 1 is 0.582 bits per heavy atom. The van der Waals surface area contributed by atoms with Gasteiger partial charge in [0, 0.05) is 117 Å². The van der Waals surface area contributed by atoms with Gasteiger partial charge in [0.1, 0.15) is 57.2 Å². The number of carbonyl (C=O) groups is 2. The number of amides is 2. The van der Waals surface area contributed by atoms with Gasteiger partial charge in [0.15, 0.2) is 11.6 Å². The van der Waals surface area contributed by atoms with Gasteiger partial charge in [0.25, 0.3) is 0 Å². The van der Waals surface area contributed by atoms with E-state index >= 15 is 8.78 Å². The standard InChI is InChI=1S/C34H41F2N7O2.C17H25ClN4O2.C16H16F2N4/c1-20(2)43-21(3)40-32-27(35)10-24(11-29(32)43)26-12-25(37-16-28(26)36)13-31-38-14-22(15-39-31)17-41-18-23-8-7-9-42(30(23)19-41)33(44)45-34(4,5)6;1-17(2,3)24-16(23)22-6-4-5-13-10-21(11-14(13)22)9-12-7-19-15(18)20-8-12;1-8(2)22-9(3)21-16-12(17)4-10(5-14(16)22)11-6-15(19)20-7-13(11)18/h10-12,14-16,20,23,30H,7-9,13,17-19H2,1-6H3;7-8,13-14H,4-6,9-11H2,1-3H3;4-8H,1-3H3,(H2,19,20)/t23-,30+;13-,14+;/m00./s1. The van der Waals surface area contributed by atoms with Crippen molar-refractivity contribution in [3.8, 4) is 22.3 Å². The second kappa shape index (κ2) is 27.1. The summed E-state index contributed by atoms with van der Waals surface area (Å²) in [7, 11) is 0. The molecule has 0 aliphatic carbocycles. The van der Waals surface area contributed by atoms with Crippen molar-refractivity contribution in [1.82, 2.24) is 68.6 Å². The van der Waals surface area contributed by atoms with Gasteiger partial charge in [-0.2, -0.15) is 0 Å². The maximum absolute atomic E-state index is 15.1. The zero-order valence-electron chi connectivity index (χ0n) is 53.9. The molecule has 4 fully saturated rings. The number of carbonyl (C=O) groups excluding carboxylic acids is 2. The molecule has 91 heavy (non-hydrogen) atoms. The molecule has 10 heterocycles. The summed E-state index contributed by atoms with van der Waals surface area (Å²) in [5.41, 5.74) is 10.4. The summed E-state index contributed by atoms with van der Waals surface area (Å²) in [6.45, 7) is 29.6. The highest BCUT2D eigenvalue weighted by atomic mass is 35.5. The lowest BCUT2D eigenvalue weighted by molar-refractivity contribution is 0.00525. The molecule has 2 N–H and O–H groups in total. The van der Waals surface area contributed by atoms with E-state index < -0.39 is 34.5 Å². The van der Waals surface area contributed by atoms with E-state index in [-0.39, 0.29) is 69.6 Å². The first kappa shape index (κ1) is 66.0. The highest BCUT2D eigenvalue weighted by molar-refractivity contribution is 6.28. The number of likely N-dealkylation sites (tertiary alicyclic amines) is 4. The van der Waals surface area contributed by atoms with Crippen LogP contribution in [-0.4, -0.2) is 143 Å². The molecule has 12 rings (SSSR count). The summed E-state index contributed by atoms with van der Waals surface area (Å²) >= 11 is 5.74. The van der Waals surface area contributed by atoms with Crippen LogP contribution in [0.2, 0.25) is 5.28 Å². The van der Waals surface area contributed by atoms with E-state index in [1.54, 1.807) is 30.6 Å². The summed E-state index contributed by atoms with van der Waals surface area (Å²) in [5, 5.41) is 0.268. The lowest BCUT2D eigenvalue weighted by atomic mass is 9.92. The van der Waals surface area contributed by atoms with Crippen molar-refractivity contribution in [1.29, 1.82) is 0 Å². The van der Waals surface area contributed by atoms with Crippen molar-refractivity contribution in [2.24, 2.45) is 11.8 Å². The van der Waals surface area contributed by atoms with Gasteiger partial charge in [-0.3, -0.25) is 14.8 Å². The number of pyridine rings is 2. The molecule has 4 aliphatic heterocycles. The summed E-state index contributed by atoms with van der Waals surface area (Å²) in [6, 6.07) is 9.74. The molecule has 19 nitrogen and oxygen atoms in total. The second-order valence-electron chi connectivity index (χ2n) is 26.9. The SMILES string of the molecule is CC(C)(C)OC(=O)N1CCC[C@H]2CN(Cc3cnc(Cl)nc3)C[C@H]21.Cc1nc2c(F)cc(-c3cc(Cc4ncc(CN5C[C@@H]6CCCN(C(=O)OC(C)(C)C)[C@@H]6C5)cn4)ncc3F)cc2n1C(C)C.Cc1nc2c(F)cc(-c3cc(N)ncc3F)cc2n1C(C)C. The van der Waals surface area contributed by atoms with Crippen molar-refractivity contribution in [3.05, 3.63) is 136 Å². The lowest BCUT2D eigenvalue weighted by Crippen LogP contribution is -2.50. The zero-order valence-corrected chi connectivity index (χ0v) is 54.7. The number of ether oxygens (including phenoxy) is 2. The van der Waals surface area contributed by atoms with Gasteiger partial charge < -0.3 is 34.1 Å². The highest BCUT2D eigenvalue weighted by Crippen LogP contribution is 2.37. The molecule has 2 amide bonds. The number of halogens is 5. The van der Waals surface area contributed by atoms with Gasteiger partial charge in [0.2, 0.25) is 5.28 Å². The maximum Gasteiger partial charge on any atom is 0.410 e. The Hall–Kier alpha value is -7.89. The van der Waals surface area contributed by atoms with Crippen molar-refractivity contribution >= 4 is 51.7 Å². The number of fused-ring (bicyclic) bond motifs is 4. The van der Waals surface area contributed by atoms with E-state index in [1.165, 1.54) is 24.4 Å². The minimum absolute atomic E-state index is 0.0733. The molecule has 0 radical (unpaired) electrons. The molecule has 0 unspecified atom stereocenters. The molecule has 2 aromatic carbocycles. The number of nitrogen functional groups attached to an aromatic ring is 1. The normalized spacial score (nSPS) is 18.7. The zero-order chi connectivity index (χ0) is 65.4. The largest absolute Gasteiger partial charge is 0.444 e. The lowest BCUT2D eigenvalue weighted by Gasteiger charge is -2.37. The van der Waals surface area contributed by atoms with Crippen LogP contribution in [-0.2, 0) is 29.0 Å². The first-order valence-electron chi connectivity index (χ1n) is 31.2. The average Bonchev–Trinajstić information content (AvgIpc) is 1.68. The Morgan fingerprint density at radius 3 is 1.45 bits per heavy atom. The fourth-order valence-electron chi connectivity index (χ4n) is 13.2. The third-order valence-corrected chi connectivity index (χ3v) is 17.0. The molecule has 484 valence electrons. The molecule has 0 spiro atoms. The van der Waals surface area contributed by atoms with Crippen LogP contribution >= 0.6 is 11.6 Å². The van der Waals surface area contributed by atoms with E-state index in [9.17, 15) is 18.4 Å². The van der Waals surface area contributed by atoms with E-state index in [4.69, 9.17) is 26.8 Å². The quantitative estimate of drug-likeness (QED) is 0.0999. The Balaban J connectivity index is 0.000000166. The van der Waals surface area contributed by atoms with Crippen molar-refractivity contribution in [2.75, 3.05) is 45.0 Å². The molecule has 0 bridgehead atoms. The molecule has 4 aliphatic rings. The number of imidazole rings is 2. The molecular formula is C67H82ClF4N15O4. The van der Waals surface area contributed by atoms with Crippen LogP contribution in [0.15, 0.2) is 73.6 Å². The van der Waals surface area contributed by atoms with Crippen molar-refractivity contribution in [3.63, 3.8) is 0 Å². The second-order valence-corrected chi connectivity index (χ2v) is 27.2. The fraction of sp³-hybridized carbons (Fsp3) is 0.493. The number of anilines is 1. The van der Waals surface area contributed by atoms with Gasteiger partial charge in [-0.25, -0.2) is 62.0 Å². The number of aryl methyl sites for hydroxylation is 2. The Kier molecular flexibility index (Phi) is 19.7. The van der Waals surface area contributed by atoms with Gasteiger partial charge in [-0.05, 0) is 180 Å². The Morgan fingerprint density at radius 2 is 1.01 bits per heavy atom. The Labute approximate surface area is 533 Å². The third-order valence-electron chi connectivity index (χ3n) is 16.8. The summed E-state index contributed by atoms with van der Waals surface area (Å²) in [5.74, 6) is 1.07. The predicted octanol–water partition coefficient (Wildman–Crippen LogP) is 13.3. The first-order valence-corrected chi connectivity index (χ1v) is 31.6. The molecule has 4 atom stereocenters. The monoisotopic (exact) mass is 1270 g/mol. The van der Waals surface area contributed by atoms with Crippen LogP contribution in [0.25, 0.3) is 44.3 Å². The number of hydrogen-bond acceptors (Lipinski definition) is 15. The molecular weight excluding hydrogens is 1190 g/mol. The third kappa shape index (κ3) is 15.5. The minimum atomic E-state index is -0.541. The van der Waals surface area contributed by atoms with Crippen LogP contribution in [0.5, 0.6) is 0 Å². The number of rotatable bonds is 10. The highest BCUT2D eigenvalue weighted by Gasteiger charge is 2.44. The average molecular weight is 1270 g/mol. The van der Waals surface area contributed by atoms with Gasteiger partial charge in [-0.1, -0.05) is 0 Å². The minimum Gasteiger partial charge on any atom is -0.444 e. The van der Waals surface area contributed by atoms with E-state index in [2.05, 4.69) is 49.7 Å². The smallest absolute Gasteiger partial charge is 0.410 e. The topological polar surface area (TPSA) is 205 Å². The summed E-state index contributed by atoms with van der Waals surface area (Å²) in [4.78, 5) is 67.8. The van der Waals surface area contributed by atoms with Crippen LogP contribution < -0.4 is 5.73 Å². The van der Waals surface area contributed by atoms with Crippen LogP contribution in [0.1, 0.15) is 141 Å². The van der Waals surface area contributed by atoms with Gasteiger partial charge in [0.05, 0.1) is 41.9 Å². The number of benzene rings is 2. The Bertz CT molecular complexity index is 3930. The van der Waals surface area contributed by atoms with E-state index in [0.717, 1.165) is 94.6 Å². The number of hydrogen-bond donors (Lipinski definition) is 1. The number of aromatic nitrogens is 10. The number of nitrogens with two attached hydrogens (primary N) is 1. The van der Waals surface area contributed by atoms with Crippen LogP contribution in [0.4, 0.5) is 33.0 Å². The summed E-state index contributed by atoms with van der Waals surface area (Å²) < 4.78 is 73.6. The molecule has 24 heteroatoms. The number of piperidine rings is 2. The fourth-order valence-corrected chi connectivity index (χ4v) is 13.3. The van der Waals surface area contributed by atoms with Crippen molar-refractivity contribution < 1.29 is 36.6 Å². The molecule has 6 aromatic heterocycles. The van der Waals surface area contributed by atoms with Crippen LogP contribution in [0, 0.1) is 49.0 Å². The maximum atomic E-state index is 15.1. The molecule has 8 aromatic rings. The van der Waals surface area contributed by atoms with Crippen molar-refractivity contribution in [2.45, 2.75) is 164 Å². The van der Waals surface area contributed by atoms with Crippen LogP contribution in [0.3, 0.4) is 0 Å². The van der Waals surface area contributed by atoms with Gasteiger partial charge >= 0.3 is 12.2 Å². The molecule has 4 saturated heterocycles. The van der Waals surface area contributed by atoms with E-state index in [1.807, 2.05) is 114 Å².